The third-order valence-electron chi connectivity index (χ3n) is 5.24. The van der Waals surface area contributed by atoms with Crippen molar-refractivity contribution in [1.29, 1.82) is 0 Å². The molecule has 4 heteroatoms. The van der Waals surface area contributed by atoms with Crippen LogP contribution in [0.4, 0.5) is 0 Å². The first-order chi connectivity index (χ1) is 10.1. The molecule has 0 amide bonds. The first-order valence-corrected chi connectivity index (χ1v) is 9.92. The highest BCUT2D eigenvalue weighted by Gasteiger charge is 2.38. The van der Waals surface area contributed by atoms with E-state index in [1.54, 1.807) is 6.92 Å². The molecule has 0 spiro atoms. The highest BCUT2D eigenvalue weighted by atomic mass is 32.2. The molecule has 0 aliphatic heterocycles. The lowest BCUT2D eigenvalue weighted by molar-refractivity contribution is 0.349. The maximum absolute atomic E-state index is 11.6. The van der Waals surface area contributed by atoms with Crippen LogP contribution >= 0.6 is 0 Å². The smallest absolute Gasteiger partial charge is 0.151 e. The van der Waals surface area contributed by atoms with Gasteiger partial charge in [-0.25, -0.2) is 8.42 Å². The summed E-state index contributed by atoms with van der Waals surface area (Å²) in [5, 5.41) is 3.57. The van der Waals surface area contributed by atoms with Gasteiger partial charge in [-0.1, -0.05) is 31.2 Å². The zero-order valence-electron chi connectivity index (χ0n) is 12.7. The summed E-state index contributed by atoms with van der Waals surface area (Å²) in [5.41, 5.74) is 3.00. The Kier molecular flexibility index (Phi) is 4.36. The molecule has 1 aromatic rings. The number of sulfone groups is 1. The Morgan fingerprint density at radius 2 is 1.67 bits per heavy atom. The summed E-state index contributed by atoms with van der Waals surface area (Å²) in [6, 6.07) is 9.27. The molecule has 0 radical (unpaired) electrons. The van der Waals surface area contributed by atoms with Crippen molar-refractivity contribution >= 4 is 9.84 Å². The zero-order valence-corrected chi connectivity index (χ0v) is 13.5. The van der Waals surface area contributed by atoms with Crippen molar-refractivity contribution in [2.45, 2.75) is 38.6 Å². The highest BCUT2D eigenvalue weighted by molar-refractivity contribution is 7.91. The third-order valence-corrected chi connectivity index (χ3v) is 6.95. The van der Waals surface area contributed by atoms with Crippen LogP contribution in [0.25, 0.3) is 0 Å². The number of hydrogen-bond donors (Lipinski definition) is 1. The van der Waals surface area contributed by atoms with Gasteiger partial charge in [-0.3, -0.25) is 0 Å². The summed E-state index contributed by atoms with van der Waals surface area (Å²) >= 11 is 0. The van der Waals surface area contributed by atoms with Gasteiger partial charge in [0.1, 0.15) is 0 Å². The lowest BCUT2D eigenvalue weighted by Gasteiger charge is -2.23. The summed E-state index contributed by atoms with van der Waals surface area (Å²) in [5.74, 6) is 1.86. The van der Waals surface area contributed by atoms with Crippen LogP contribution in [0.5, 0.6) is 0 Å². The van der Waals surface area contributed by atoms with E-state index in [-0.39, 0.29) is 11.5 Å². The van der Waals surface area contributed by atoms with Gasteiger partial charge in [0.15, 0.2) is 9.84 Å². The van der Waals surface area contributed by atoms with E-state index in [4.69, 9.17) is 0 Å². The summed E-state index contributed by atoms with van der Waals surface area (Å²) in [4.78, 5) is 0. The molecule has 0 saturated heterocycles. The number of nitrogens with one attached hydrogen (secondary N) is 1. The number of fused-ring (bicyclic) bond motifs is 3. The maximum Gasteiger partial charge on any atom is 0.151 e. The molecule has 0 aromatic heterocycles. The molecule has 21 heavy (non-hydrogen) atoms. The predicted molar refractivity (Wildman–Crippen MR) is 86.2 cm³/mol. The van der Waals surface area contributed by atoms with Crippen molar-refractivity contribution in [2.24, 2.45) is 11.8 Å². The second-order valence-corrected chi connectivity index (χ2v) is 8.96. The normalized spacial score (nSPS) is 28.1. The summed E-state index contributed by atoms with van der Waals surface area (Å²) in [6.07, 6.45) is 4.84. The summed E-state index contributed by atoms with van der Waals surface area (Å²) in [6.45, 7) is 2.32. The highest BCUT2D eigenvalue weighted by Crippen LogP contribution is 2.39. The van der Waals surface area contributed by atoms with E-state index >= 15 is 0 Å². The van der Waals surface area contributed by atoms with Crippen molar-refractivity contribution < 1.29 is 8.42 Å². The Morgan fingerprint density at radius 3 is 2.19 bits per heavy atom. The van der Waals surface area contributed by atoms with E-state index in [1.807, 2.05) is 0 Å². The van der Waals surface area contributed by atoms with Crippen molar-refractivity contribution in [3.8, 4) is 0 Å². The van der Waals surface area contributed by atoms with E-state index in [2.05, 4.69) is 29.6 Å². The molecule has 3 nitrogen and oxygen atoms in total. The molecule has 2 unspecified atom stereocenters. The van der Waals surface area contributed by atoms with Crippen molar-refractivity contribution in [1.82, 2.24) is 5.32 Å². The van der Waals surface area contributed by atoms with Crippen LogP contribution in [0.1, 0.15) is 30.9 Å². The Bertz CT molecular complexity index is 564. The lowest BCUT2D eigenvalue weighted by Crippen LogP contribution is -2.40. The molecule has 3 rings (SSSR count). The molecule has 2 aliphatic rings. The molecule has 1 fully saturated rings. The molecule has 1 saturated carbocycles. The van der Waals surface area contributed by atoms with Crippen molar-refractivity contribution in [3.63, 3.8) is 0 Å². The second-order valence-electron chi connectivity index (χ2n) is 6.49. The largest absolute Gasteiger partial charge is 0.312 e. The minimum Gasteiger partial charge on any atom is -0.312 e. The van der Waals surface area contributed by atoms with Gasteiger partial charge < -0.3 is 5.32 Å². The van der Waals surface area contributed by atoms with Crippen molar-refractivity contribution in [2.75, 3.05) is 18.1 Å². The molecule has 2 atom stereocenters. The van der Waals surface area contributed by atoms with Crippen LogP contribution in [0, 0.1) is 11.8 Å². The topological polar surface area (TPSA) is 46.2 Å². The number of hydrogen-bond acceptors (Lipinski definition) is 3. The zero-order chi connectivity index (χ0) is 14.9. The van der Waals surface area contributed by atoms with Gasteiger partial charge in [0, 0.05) is 18.3 Å². The molecule has 2 bridgehead atoms. The van der Waals surface area contributed by atoms with Crippen LogP contribution in [-0.2, 0) is 22.7 Å². The molecular weight excluding hydrogens is 282 g/mol. The van der Waals surface area contributed by atoms with Gasteiger partial charge in [0.25, 0.3) is 0 Å². The van der Waals surface area contributed by atoms with E-state index in [0.717, 1.165) is 12.8 Å². The minimum absolute atomic E-state index is 0.248. The van der Waals surface area contributed by atoms with Crippen LogP contribution in [0.2, 0.25) is 0 Å². The van der Waals surface area contributed by atoms with Gasteiger partial charge in [-0.05, 0) is 48.6 Å². The van der Waals surface area contributed by atoms with Gasteiger partial charge in [-0.2, -0.15) is 0 Å². The fourth-order valence-corrected chi connectivity index (χ4v) is 4.73. The fourth-order valence-electron chi connectivity index (χ4n) is 4.01. The first kappa shape index (κ1) is 15.0. The SMILES string of the molecule is CCS(=O)(=O)CCNC1C2CCC1Cc1ccccc1C2. The van der Waals surface area contributed by atoms with Crippen LogP contribution in [0.15, 0.2) is 24.3 Å². The van der Waals surface area contributed by atoms with E-state index < -0.39 is 9.84 Å². The van der Waals surface area contributed by atoms with Gasteiger partial charge in [0.2, 0.25) is 0 Å². The molecule has 1 aromatic carbocycles. The van der Waals surface area contributed by atoms with E-state index in [0.29, 0.717) is 24.4 Å². The minimum atomic E-state index is -2.86. The molecule has 0 heterocycles. The standard InChI is InChI=1S/C17H25NO2S/c1-2-21(19,20)10-9-18-17-15-7-8-16(17)12-14-6-4-3-5-13(14)11-15/h3-6,15-18H,2,7-12H2,1H3. The molecular formula is C17H25NO2S. The predicted octanol–water partition coefficient (Wildman–Crippen LogP) is 2.20. The lowest BCUT2D eigenvalue weighted by atomic mass is 9.94. The monoisotopic (exact) mass is 307 g/mol. The summed E-state index contributed by atoms with van der Waals surface area (Å²) in [7, 11) is -2.86. The Labute approximate surface area is 128 Å². The Hall–Kier alpha value is -0.870. The van der Waals surface area contributed by atoms with E-state index in [9.17, 15) is 8.42 Å². The van der Waals surface area contributed by atoms with Gasteiger partial charge >= 0.3 is 0 Å². The average Bonchev–Trinajstić information content (AvgIpc) is 2.74. The molecule has 2 aliphatic carbocycles. The van der Waals surface area contributed by atoms with Crippen LogP contribution in [-0.4, -0.2) is 32.5 Å². The molecule has 1 N–H and O–H groups in total. The summed E-state index contributed by atoms with van der Waals surface area (Å²) < 4.78 is 23.3. The average molecular weight is 307 g/mol. The third kappa shape index (κ3) is 3.32. The first-order valence-electron chi connectivity index (χ1n) is 8.09. The number of benzene rings is 1. The fraction of sp³-hybridized carbons (Fsp3) is 0.647. The Morgan fingerprint density at radius 1 is 1.10 bits per heavy atom. The van der Waals surface area contributed by atoms with Gasteiger partial charge in [-0.15, -0.1) is 0 Å². The van der Waals surface area contributed by atoms with Crippen LogP contribution < -0.4 is 5.32 Å². The van der Waals surface area contributed by atoms with Crippen LogP contribution in [0.3, 0.4) is 0 Å². The number of rotatable bonds is 5. The van der Waals surface area contributed by atoms with Gasteiger partial charge in [0.05, 0.1) is 5.75 Å². The Balaban J connectivity index is 1.66. The molecule has 116 valence electrons. The van der Waals surface area contributed by atoms with E-state index in [1.165, 1.54) is 24.0 Å². The van der Waals surface area contributed by atoms with Crippen molar-refractivity contribution in [3.05, 3.63) is 35.4 Å². The maximum atomic E-state index is 11.6. The second kappa shape index (κ2) is 6.09. The quantitative estimate of drug-likeness (QED) is 0.907.